The average Bonchev–Trinajstić information content (AvgIpc) is 3.57. The standard InChI is InChI=1S/C28H35ClN4O6/c1-16(2)26-30-23(31-39-26)15-38-22-10-9-20(29)19-11-13-33(21(25(19)22)14-32-12-5-8-24(32)34)27(35)17-6-3-4-7-18(17)28(36)37/h9-10,16-18,21H,3-8,11-15H2,1-2H3,(H,36,37)/t17-,18+,21-/m1/s1. The van der Waals surface area contributed by atoms with Gasteiger partial charge in [-0.2, -0.15) is 4.98 Å². The summed E-state index contributed by atoms with van der Waals surface area (Å²) in [5, 5.41) is 14.4. The number of carbonyl (C=O) groups excluding carboxylic acids is 2. The Balaban J connectivity index is 1.49. The fraction of sp³-hybridized carbons (Fsp3) is 0.607. The van der Waals surface area contributed by atoms with E-state index in [-0.39, 0.29) is 24.3 Å². The molecule has 2 amide bonds. The van der Waals surface area contributed by atoms with Gasteiger partial charge in [-0.15, -0.1) is 0 Å². The van der Waals surface area contributed by atoms with Gasteiger partial charge in [0.2, 0.25) is 23.5 Å². The van der Waals surface area contributed by atoms with Gasteiger partial charge in [-0.25, -0.2) is 0 Å². The molecule has 1 saturated carbocycles. The van der Waals surface area contributed by atoms with Crippen molar-refractivity contribution in [2.45, 2.75) is 77.4 Å². The van der Waals surface area contributed by atoms with E-state index in [4.69, 9.17) is 20.9 Å². The van der Waals surface area contributed by atoms with Gasteiger partial charge in [0.05, 0.1) is 17.9 Å². The number of likely N-dealkylation sites (tertiary alicyclic amines) is 1. The largest absolute Gasteiger partial charge is 0.485 e. The van der Waals surface area contributed by atoms with Crippen LogP contribution in [-0.4, -0.2) is 62.5 Å². The number of benzene rings is 1. The Bertz CT molecular complexity index is 1250. The van der Waals surface area contributed by atoms with Crippen LogP contribution < -0.4 is 4.74 Å². The average molecular weight is 559 g/mol. The van der Waals surface area contributed by atoms with Gasteiger partial charge >= 0.3 is 5.97 Å². The molecule has 1 N–H and O–H groups in total. The minimum Gasteiger partial charge on any atom is -0.485 e. The van der Waals surface area contributed by atoms with E-state index in [9.17, 15) is 19.5 Å². The second-order valence-electron chi connectivity index (χ2n) is 11.0. The molecule has 1 saturated heterocycles. The summed E-state index contributed by atoms with van der Waals surface area (Å²) < 4.78 is 11.5. The SMILES string of the molecule is CC(C)c1nc(COc2ccc(Cl)c3c2[C@@H](CN2CCCC2=O)N(C(=O)[C@@H]2CCCC[C@@H]2C(=O)O)CC3)no1. The maximum absolute atomic E-state index is 14.0. The van der Waals surface area contributed by atoms with Crippen molar-refractivity contribution < 1.29 is 28.8 Å². The number of halogens is 1. The van der Waals surface area contributed by atoms with E-state index in [0.717, 1.165) is 30.4 Å². The first-order chi connectivity index (χ1) is 18.7. The number of ether oxygens (including phenoxy) is 1. The van der Waals surface area contributed by atoms with Crippen molar-refractivity contribution in [2.75, 3.05) is 19.6 Å². The lowest BCUT2D eigenvalue weighted by Crippen LogP contribution is -2.50. The van der Waals surface area contributed by atoms with Crippen LogP contribution in [0.3, 0.4) is 0 Å². The molecule has 2 aromatic rings. The first-order valence-electron chi connectivity index (χ1n) is 13.8. The minimum absolute atomic E-state index is 0.0492. The lowest BCUT2D eigenvalue weighted by Gasteiger charge is -2.43. The highest BCUT2D eigenvalue weighted by molar-refractivity contribution is 6.31. The van der Waals surface area contributed by atoms with Crippen molar-refractivity contribution in [2.24, 2.45) is 11.8 Å². The third-order valence-electron chi connectivity index (χ3n) is 8.15. The van der Waals surface area contributed by atoms with Gasteiger partial charge in [-0.1, -0.05) is 43.4 Å². The number of carbonyl (C=O) groups is 3. The summed E-state index contributed by atoms with van der Waals surface area (Å²) in [6, 6.07) is 3.05. The quantitative estimate of drug-likeness (QED) is 0.506. The predicted octanol–water partition coefficient (Wildman–Crippen LogP) is 4.36. The summed E-state index contributed by atoms with van der Waals surface area (Å²) in [7, 11) is 0. The van der Waals surface area contributed by atoms with E-state index in [0.29, 0.717) is 67.8 Å². The predicted molar refractivity (Wildman–Crippen MR) is 141 cm³/mol. The molecule has 2 aliphatic heterocycles. The van der Waals surface area contributed by atoms with Gasteiger partial charge in [0.15, 0.2) is 6.61 Å². The number of rotatable bonds is 8. The monoisotopic (exact) mass is 558 g/mol. The smallest absolute Gasteiger partial charge is 0.307 e. The molecule has 1 aromatic carbocycles. The zero-order valence-electron chi connectivity index (χ0n) is 22.4. The Kier molecular flexibility index (Phi) is 8.11. The van der Waals surface area contributed by atoms with Gasteiger partial charge in [0.25, 0.3) is 0 Å². The lowest BCUT2D eigenvalue weighted by molar-refractivity contribution is -0.154. The fourth-order valence-corrected chi connectivity index (χ4v) is 6.36. The third kappa shape index (κ3) is 5.62. The fourth-order valence-electron chi connectivity index (χ4n) is 6.10. The van der Waals surface area contributed by atoms with Crippen LogP contribution >= 0.6 is 11.6 Å². The molecule has 0 unspecified atom stereocenters. The summed E-state index contributed by atoms with van der Waals surface area (Å²) in [6.45, 7) is 5.31. The molecule has 10 nitrogen and oxygen atoms in total. The molecule has 0 spiro atoms. The van der Waals surface area contributed by atoms with Crippen molar-refractivity contribution >= 4 is 29.4 Å². The zero-order valence-corrected chi connectivity index (χ0v) is 23.2. The highest BCUT2D eigenvalue weighted by atomic mass is 35.5. The summed E-state index contributed by atoms with van der Waals surface area (Å²) in [5.41, 5.74) is 1.64. The molecule has 5 rings (SSSR count). The Morgan fingerprint density at radius 3 is 2.59 bits per heavy atom. The molecule has 11 heteroatoms. The highest BCUT2D eigenvalue weighted by Crippen LogP contribution is 2.43. The molecule has 210 valence electrons. The van der Waals surface area contributed by atoms with Crippen LogP contribution in [0.15, 0.2) is 16.7 Å². The molecular weight excluding hydrogens is 524 g/mol. The lowest BCUT2D eigenvalue weighted by atomic mass is 9.77. The van der Waals surface area contributed by atoms with Crippen LogP contribution in [0.5, 0.6) is 5.75 Å². The van der Waals surface area contributed by atoms with E-state index in [1.807, 2.05) is 13.8 Å². The summed E-state index contributed by atoms with van der Waals surface area (Å²) in [5.74, 6) is -0.785. The minimum atomic E-state index is -0.926. The number of carboxylic acids is 1. The topological polar surface area (TPSA) is 126 Å². The van der Waals surface area contributed by atoms with E-state index in [2.05, 4.69) is 10.1 Å². The van der Waals surface area contributed by atoms with E-state index < -0.39 is 23.8 Å². The number of hydrogen-bond acceptors (Lipinski definition) is 7. The molecule has 1 aromatic heterocycles. The molecular formula is C28H35ClN4O6. The Morgan fingerprint density at radius 1 is 1.15 bits per heavy atom. The highest BCUT2D eigenvalue weighted by Gasteiger charge is 2.43. The van der Waals surface area contributed by atoms with Gasteiger partial charge < -0.3 is 24.2 Å². The van der Waals surface area contributed by atoms with Crippen molar-refractivity contribution in [3.63, 3.8) is 0 Å². The first-order valence-corrected chi connectivity index (χ1v) is 14.2. The molecule has 3 heterocycles. The van der Waals surface area contributed by atoms with Gasteiger partial charge in [0, 0.05) is 42.6 Å². The molecule has 39 heavy (non-hydrogen) atoms. The van der Waals surface area contributed by atoms with E-state index in [1.165, 1.54) is 0 Å². The van der Waals surface area contributed by atoms with Crippen molar-refractivity contribution in [1.82, 2.24) is 19.9 Å². The van der Waals surface area contributed by atoms with Gasteiger partial charge in [0.1, 0.15) is 5.75 Å². The number of aromatic nitrogens is 2. The van der Waals surface area contributed by atoms with Crippen LogP contribution in [0.4, 0.5) is 0 Å². The number of amides is 2. The van der Waals surface area contributed by atoms with Crippen LogP contribution in [0.25, 0.3) is 0 Å². The molecule has 3 aliphatic rings. The Morgan fingerprint density at radius 2 is 1.92 bits per heavy atom. The number of nitrogens with zero attached hydrogens (tertiary/aromatic N) is 4. The summed E-state index contributed by atoms with van der Waals surface area (Å²) in [6.07, 6.45) is 4.42. The van der Waals surface area contributed by atoms with E-state index in [1.54, 1.807) is 21.9 Å². The van der Waals surface area contributed by atoms with Crippen molar-refractivity contribution in [1.29, 1.82) is 0 Å². The second kappa shape index (κ2) is 11.5. The second-order valence-corrected chi connectivity index (χ2v) is 11.4. The van der Waals surface area contributed by atoms with Crippen LogP contribution in [-0.2, 0) is 27.4 Å². The van der Waals surface area contributed by atoms with Gasteiger partial charge in [-0.05, 0) is 43.4 Å². The van der Waals surface area contributed by atoms with Gasteiger partial charge in [-0.3, -0.25) is 14.4 Å². The normalized spacial score (nSPS) is 23.3. The van der Waals surface area contributed by atoms with E-state index >= 15 is 0 Å². The van der Waals surface area contributed by atoms with Crippen molar-refractivity contribution in [3.8, 4) is 5.75 Å². The molecule has 0 radical (unpaired) electrons. The maximum Gasteiger partial charge on any atom is 0.307 e. The molecule has 3 atom stereocenters. The summed E-state index contributed by atoms with van der Waals surface area (Å²) in [4.78, 5) is 46.7. The number of carboxylic acid groups (broad SMARTS) is 1. The maximum atomic E-state index is 14.0. The van der Waals surface area contributed by atoms with Crippen LogP contribution in [0, 0.1) is 11.8 Å². The summed E-state index contributed by atoms with van der Waals surface area (Å²) >= 11 is 6.66. The number of fused-ring (bicyclic) bond motifs is 1. The molecule has 2 fully saturated rings. The van der Waals surface area contributed by atoms with Crippen LogP contribution in [0.1, 0.15) is 87.2 Å². The number of aliphatic carboxylic acids is 1. The molecule has 0 bridgehead atoms. The number of hydrogen-bond donors (Lipinski definition) is 1. The Hall–Kier alpha value is -3.14. The third-order valence-corrected chi connectivity index (χ3v) is 8.51. The van der Waals surface area contributed by atoms with Crippen LogP contribution in [0.2, 0.25) is 5.02 Å². The molecule has 1 aliphatic carbocycles. The zero-order chi connectivity index (χ0) is 27.7. The first kappa shape index (κ1) is 27.4. The van der Waals surface area contributed by atoms with Crippen molar-refractivity contribution in [3.05, 3.63) is 40.0 Å². The Labute approximate surface area is 232 Å².